The van der Waals surface area contributed by atoms with Gasteiger partial charge in [0.05, 0.1) is 24.0 Å². The number of alkyl carbamates (subject to hydrolysis) is 1. The van der Waals surface area contributed by atoms with Crippen molar-refractivity contribution in [3.8, 4) is 0 Å². The van der Waals surface area contributed by atoms with Crippen LogP contribution >= 0.6 is 0 Å². The summed E-state index contributed by atoms with van der Waals surface area (Å²) in [5, 5.41) is 18.7. The molecular weight excluding hydrogens is 538 g/mol. The van der Waals surface area contributed by atoms with Gasteiger partial charge in [0.2, 0.25) is 11.8 Å². The number of carboxylic acids is 1. The third-order valence-electron chi connectivity index (χ3n) is 6.00. The van der Waals surface area contributed by atoms with Crippen LogP contribution in [0.5, 0.6) is 0 Å². The first-order valence-electron chi connectivity index (χ1n) is 12.5. The van der Waals surface area contributed by atoms with Crippen LogP contribution in [0.4, 0.5) is 9.59 Å². The summed E-state index contributed by atoms with van der Waals surface area (Å²) >= 11 is 0. The van der Waals surface area contributed by atoms with Crippen LogP contribution in [0.3, 0.4) is 0 Å². The van der Waals surface area contributed by atoms with Gasteiger partial charge >= 0.3 is 18.1 Å². The smallest absolute Gasteiger partial charge is 0.408 e. The second-order valence-electron chi connectivity index (χ2n) is 9.01. The summed E-state index contributed by atoms with van der Waals surface area (Å²) < 4.78 is 4.98. The molecule has 0 aliphatic carbocycles. The van der Waals surface area contributed by atoms with Crippen LogP contribution in [0.15, 0.2) is 54.6 Å². The monoisotopic (exact) mass is 565 g/mol. The first-order valence-corrected chi connectivity index (χ1v) is 12.5. The Balaban J connectivity index is 1.20. The van der Waals surface area contributed by atoms with Crippen molar-refractivity contribution >= 4 is 46.8 Å². The van der Waals surface area contributed by atoms with E-state index in [0.717, 1.165) is 11.0 Å². The van der Waals surface area contributed by atoms with Crippen molar-refractivity contribution in [3.05, 3.63) is 66.0 Å². The molecule has 0 radical (unpaired) electrons. The number of carbonyl (C=O) groups excluding carboxylic acids is 5. The number of hydrogen-bond donors (Lipinski definition) is 6. The summed E-state index contributed by atoms with van der Waals surface area (Å²) in [7, 11) is 0. The second-order valence-corrected chi connectivity index (χ2v) is 9.01. The van der Waals surface area contributed by atoms with E-state index in [4.69, 9.17) is 4.74 Å². The Morgan fingerprint density at radius 2 is 1.73 bits per heavy atom. The van der Waals surface area contributed by atoms with Crippen LogP contribution in [0.2, 0.25) is 0 Å². The fourth-order valence-corrected chi connectivity index (χ4v) is 3.92. The van der Waals surface area contributed by atoms with Gasteiger partial charge in [-0.2, -0.15) is 0 Å². The molecule has 2 heterocycles. The Labute approximate surface area is 232 Å². The fraction of sp³-hybridized carbons (Fsp3) is 0.269. The lowest BCUT2D eigenvalue weighted by molar-refractivity contribution is -0.139. The number of nitrogens with one attached hydrogen (secondary N) is 5. The topological polar surface area (TPSA) is 212 Å². The molecule has 6 amide bonds. The van der Waals surface area contributed by atoms with E-state index in [9.17, 15) is 33.9 Å². The fourth-order valence-electron chi connectivity index (χ4n) is 3.92. The number of aromatic nitrogens is 2. The number of aromatic amines is 1. The van der Waals surface area contributed by atoms with Crippen LogP contribution in [-0.2, 0) is 37.1 Å². The number of urea groups is 1. The molecule has 41 heavy (non-hydrogen) atoms. The molecule has 4 rings (SSSR count). The molecule has 6 N–H and O–H groups in total. The quantitative estimate of drug-likeness (QED) is 0.163. The van der Waals surface area contributed by atoms with Gasteiger partial charge in [0, 0.05) is 6.54 Å². The number of ether oxygens (including phenoxy) is 1. The maximum atomic E-state index is 12.7. The highest BCUT2D eigenvalue weighted by molar-refractivity contribution is 6.07. The zero-order valence-corrected chi connectivity index (χ0v) is 21.6. The number of imidazole rings is 1. The van der Waals surface area contributed by atoms with Crippen molar-refractivity contribution in [2.75, 3.05) is 13.1 Å². The maximum absolute atomic E-state index is 12.7. The van der Waals surface area contributed by atoms with Gasteiger partial charge in [0.15, 0.2) is 0 Å². The second kappa shape index (κ2) is 13.1. The van der Waals surface area contributed by atoms with Crippen molar-refractivity contribution in [1.29, 1.82) is 0 Å². The molecule has 1 fully saturated rings. The molecule has 1 aliphatic rings. The molecule has 15 heteroatoms. The van der Waals surface area contributed by atoms with Gasteiger partial charge in [-0.05, 0) is 17.7 Å². The molecule has 1 aromatic heterocycles. The molecule has 1 unspecified atom stereocenters. The van der Waals surface area contributed by atoms with Gasteiger partial charge in [-0.1, -0.05) is 42.5 Å². The number of hydrogen-bond acceptors (Lipinski definition) is 8. The number of rotatable bonds is 12. The number of imide groups is 1. The highest BCUT2D eigenvalue weighted by Gasteiger charge is 2.40. The lowest BCUT2D eigenvalue weighted by Crippen LogP contribution is -2.50. The molecular formula is C26H27N7O8. The minimum absolute atomic E-state index is 0.0765. The van der Waals surface area contributed by atoms with Crippen molar-refractivity contribution in [3.63, 3.8) is 0 Å². The standard InChI is InChI=1S/C26H27N7O8/c34-21(28-12-20-29-16-8-4-5-9-17(16)30-20)10-18-23(36)33(25(39)31-18)13-22(35)27-11-19(24(37)38)32-26(40)41-14-15-6-2-1-3-7-15/h1-9,18-19H,10-14H2,(H,27,35)(H,28,34)(H,29,30)(H,31,39)(H,32,40)(H,37,38)/t18-,19?/m0/s1. The summed E-state index contributed by atoms with van der Waals surface area (Å²) in [4.78, 5) is 81.2. The number of nitrogens with zero attached hydrogens (tertiary/aromatic N) is 2. The molecule has 1 saturated heterocycles. The number of aliphatic carboxylic acids is 1. The molecule has 0 saturated carbocycles. The van der Waals surface area contributed by atoms with Crippen molar-refractivity contribution in [1.82, 2.24) is 36.1 Å². The van der Waals surface area contributed by atoms with Gasteiger partial charge in [-0.25, -0.2) is 19.4 Å². The van der Waals surface area contributed by atoms with Crippen LogP contribution in [0.25, 0.3) is 11.0 Å². The summed E-state index contributed by atoms with van der Waals surface area (Å²) in [5.74, 6) is -3.09. The predicted octanol–water partition coefficient (Wildman–Crippen LogP) is -0.0146. The average molecular weight is 566 g/mol. The number of carbonyl (C=O) groups is 6. The van der Waals surface area contributed by atoms with Gasteiger partial charge in [-0.3, -0.25) is 19.3 Å². The summed E-state index contributed by atoms with van der Waals surface area (Å²) in [6.45, 7) is -1.26. The lowest BCUT2D eigenvalue weighted by atomic mass is 10.2. The van der Waals surface area contributed by atoms with Gasteiger partial charge in [-0.15, -0.1) is 0 Å². The van der Waals surface area contributed by atoms with E-state index in [1.807, 2.05) is 24.3 Å². The van der Waals surface area contributed by atoms with Gasteiger partial charge in [0.1, 0.15) is 31.1 Å². The van der Waals surface area contributed by atoms with Crippen LogP contribution in [0.1, 0.15) is 17.8 Å². The lowest BCUT2D eigenvalue weighted by Gasteiger charge is -2.17. The number of carboxylic acid groups (broad SMARTS) is 1. The number of benzene rings is 2. The van der Waals surface area contributed by atoms with E-state index in [2.05, 4.69) is 31.2 Å². The van der Waals surface area contributed by atoms with Crippen LogP contribution in [-0.4, -0.2) is 81.0 Å². The zero-order valence-electron chi connectivity index (χ0n) is 21.6. The van der Waals surface area contributed by atoms with E-state index in [1.165, 1.54) is 0 Å². The van der Waals surface area contributed by atoms with E-state index < -0.39 is 61.0 Å². The Bertz CT molecular complexity index is 1430. The SMILES string of the molecule is O=C(C[C@@H]1NC(=O)N(CC(=O)NCC(NC(=O)OCc2ccccc2)C(=O)O)C1=O)NCc1nc2ccccc2[nH]1. The van der Waals surface area contributed by atoms with Crippen molar-refractivity contribution < 1.29 is 38.6 Å². The summed E-state index contributed by atoms with van der Waals surface area (Å²) in [5.41, 5.74) is 2.23. The van der Waals surface area contributed by atoms with E-state index in [0.29, 0.717) is 16.3 Å². The molecule has 0 bridgehead atoms. The Morgan fingerprint density at radius 1 is 1.00 bits per heavy atom. The molecule has 3 aromatic rings. The first kappa shape index (κ1) is 28.5. The average Bonchev–Trinajstić information content (AvgIpc) is 3.49. The number of amides is 6. The maximum Gasteiger partial charge on any atom is 0.408 e. The normalized spacial score (nSPS) is 15.2. The molecule has 15 nitrogen and oxygen atoms in total. The Kier molecular flexibility index (Phi) is 9.09. The van der Waals surface area contributed by atoms with Crippen LogP contribution < -0.4 is 21.3 Å². The van der Waals surface area contributed by atoms with E-state index >= 15 is 0 Å². The predicted molar refractivity (Wildman–Crippen MR) is 141 cm³/mol. The molecule has 0 spiro atoms. The number of para-hydroxylation sites is 2. The van der Waals surface area contributed by atoms with Crippen molar-refractivity contribution in [2.45, 2.75) is 31.7 Å². The molecule has 1 aliphatic heterocycles. The van der Waals surface area contributed by atoms with Crippen LogP contribution in [0, 0.1) is 0 Å². The first-order chi connectivity index (χ1) is 19.7. The zero-order chi connectivity index (χ0) is 29.4. The minimum Gasteiger partial charge on any atom is -0.480 e. The molecule has 2 aromatic carbocycles. The third kappa shape index (κ3) is 7.78. The minimum atomic E-state index is -1.53. The Hall–Kier alpha value is -5.47. The van der Waals surface area contributed by atoms with Crippen molar-refractivity contribution in [2.24, 2.45) is 0 Å². The summed E-state index contributed by atoms with van der Waals surface area (Å²) in [6, 6.07) is 12.5. The van der Waals surface area contributed by atoms with Gasteiger partial charge in [0.25, 0.3) is 5.91 Å². The van der Waals surface area contributed by atoms with E-state index in [1.54, 1.807) is 30.3 Å². The Morgan fingerprint density at radius 3 is 2.46 bits per heavy atom. The van der Waals surface area contributed by atoms with Gasteiger partial charge < -0.3 is 36.1 Å². The third-order valence-corrected chi connectivity index (χ3v) is 6.00. The summed E-state index contributed by atoms with van der Waals surface area (Å²) in [6.07, 6.45) is -1.37. The van der Waals surface area contributed by atoms with E-state index in [-0.39, 0.29) is 19.6 Å². The number of fused-ring (bicyclic) bond motifs is 1. The molecule has 214 valence electrons. The molecule has 2 atom stereocenters. The highest BCUT2D eigenvalue weighted by atomic mass is 16.5. The largest absolute Gasteiger partial charge is 0.480 e. The highest BCUT2D eigenvalue weighted by Crippen LogP contribution is 2.11. The number of H-pyrrole nitrogens is 1.